The van der Waals surface area contributed by atoms with E-state index >= 15 is 0 Å². The van der Waals surface area contributed by atoms with Crippen molar-refractivity contribution >= 4 is 5.69 Å². The van der Waals surface area contributed by atoms with E-state index in [2.05, 4.69) is 55.0 Å². The highest BCUT2D eigenvalue weighted by Crippen LogP contribution is 2.28. The molecule has 1 aromatic carbocycles. The molecule has 3 nitrogen and oxygen atoms in total. The van der Waals surface area contributed by atoms with Crippen LogP contribution in [-0.4, -0.2) is 37.6 Å². The maximum Gasteiger partial charge on any atom is 0.0415 e. The lowest BCUT2D eigenvalue weighted by Crippen LogP contribution is -2.50. The van der Waals surface area contributed by atoms with E-state index in [0.29, 0.717) is 6.04 Å². The van der Waals surface area contributed by atoms with Crippen LogP contribution in [0, 0.1) is 0 Å². The number of anilines is 1. The molecule has 2 N–H and O–H groups in total. The summed E-state index contributed by atoms with van der Waals surface area (Å²) in [7, 11) is 2.20. The molecule has 1 unspecified atom stereocenters. The Bertz CT molecular complexity index is 391. The number of nitrogens with zero attached hydrogens (tertiary/aromatic N) is 2. The molecule has 2 rings (SSSR count). The molecule has 0 amide bonds. The fourth-order valence-corrected chi connectivity index (χ4v) is 2.58. The van der Waals surface area contributed by atoms with Crippen molar-refractivity contribution in [3.05, 3.63) is 29.8 Å². The second kappa shape index (κ2) is 5.72. The molecule has 2 atom stereocenters. The van der Waals surface area contributed by atoms with Crippen LogP contribution in [0.15, 0.2) is 24.3 Å². The Morgan fingerprint density at radius 3 is 2.72 bits per heavy atom. The van der Waals surface area contributed by atoms with Gasteiger partial charge in [0.1, 0.15) is 0 Å². The summed E-state index contributed by atoms with van der Waals surface area (Å²) < 4.78 is 0. The highest BCUT2D eigenvalue weighted by atomic mass is 15.3. The van der Waals surface area contributed by atoms with Gasteiger partial charge >= 0.3 is 0 Å². The van der Waals surface area contributed by atoms with E-state index in [0.717, 1.165) is 26.1 Å². The lowest BCUT2D eigenvalue weighted by molar-refractivity contribution is 0.234. The monoisotopic (exact) mass is 247 g/mol. The van der Waals surface area contributed by atoms with Crippen molar-refractivity contribution in [2.75, 3.05) is 31.6 Å². The van der Waals surface area contributed by atoms with E-state index in [1.54, 1.807) is 0 Å². The summed E-state index contributed by atoms with van der Waals surface area (Å²) in [5.41, 5.74) is 8.84. The zero-order valence-electron chi connectivity index (χ0n) is 11.8. The summed E-state index contributed by atoms with van der Waals surface area (Å²) in [5, 5.41) is 0. The summed E-state index contributed by atoms with van der Waals surface area (Å²) in [5.74, 6) is 0. The van der Waals surface area contributed by atoms with Gasteiger partial charge in [0.15, 0.2) is 0 Å². The predicted octanol–water partition coefficient (Wildman–Crippen LogP) is 2.24. The van der Waals surface area contributed by atoms with Gasteiger partial charge in [0.2, 0.25) is 0 Å². The van der Waals surface area contributed by atoms with Crippen molar-refractivity contribution in [2.24, 2.45) is 5.73 Å². The highest BCUT2D eigenvalue weighted by molar-refractivity contribution is 5.55. The summed E-state index contributed by atoms with van der Waals surface area (Å²) in [4.78, 5) is 4.90. The standard InChI is InChI=1S/C15H25N3/c1-4-14(16)13-7-5-6-8-15(13)18-10-9-17(3)12(2)11-18/h5-8,12,14H,4,9-11,16H2,1-3H3/t12?,14-/m0/s1. The zero-order valence-corrected chi connectivity index (χ0v) is 11.8. The van der Waals surface area contributed by atoms with Crippen molar-refractivity contribution in [3.8, 4) is 0 Å². The second-order valence-electron chi connectivity index (χ2n) is 5.35. The van der Waals surface area contributed by atoms with E-state index in [-0.39, 0.29) is 6.04 Å². The maximum atomic E-state index is 6.23. The number of rotatable bonds is 3. The number of nitrogens with two attached hydrogens (primary N) is 1. The van der Waals surface area contributed by atoms with Crippen LogP contribution in [0.5, 0.6) is 0 Å². The Hall–Kier alpha value is -1.06. The number of hydrogen-bond donors (Lipinski definition) is 1. The van der Waals surface area contributed by atoms with E-state index < -0.39 is 0 Å². The number of para-hydroxylation sites is 1. The van der Waals surface area contributed by atoms with Gasteiger partial charge < -0.3 is 15.5 Å². The number of hydrogen-bond acceptors (Lipinski definition) is 3. The SMILES string of the molecule is CC[C@H](N)c1ccccc1N1CCN(C)C(C)C1. The third-order valence-corrected chi connectivity index (χ3v) is 4.08. The van der Waals surface area contributed by atoms with Gasteiger partial charge in [-0.1, -0.05) is 25.1 Å². The van der Waals surface area contributed by atoms with Crippen molar-refractivity contribution in [3.63, 3.8) is 0 Å². The van der Waals surface area contributed by atoms with Crippen LogP contribution in [0.2, 0.25) is 0 Å². The van der Waals surface area contributed by atoms with Gasteiger partial charge in [0, 0.05) is 37.4 Å². The quantitative estimate of drug-likeness (QED) is 0.889. The molecule has 3 heteroatoms. The van der Waals surface area contributed by atoms with Gasteiger partial charge in [0.05, 0.1) is 0 Å². The Labute approximate surface area is 111 Å². The van der Waals surface area contributed by atoms with Gasteiger partial charge in [-0.3, -0.25) is 0 Å². The largest absolute Gasteiger partial charge is 0.368 e. The van der Waals surface area contributed by atoms with Crippen LogP contribution >= 0.6 is 0 Å². The van der Waals surface area contributed by atoms with Gasteiger partial charge in [-0.05, 0) is 32.0 Å². The highest BCUT2D eigenvalue weighted by Gasteiger charge is 2.23. The summed E-state index contributed by atoms with van der Waals surface area (Å²) in [6.45, 7) is 7.73. The maximum absolute atomic E-state index is 6.23. The molecule has 0 aliphatic carbocycles. The fraction of sp³-hybridized carbons (Fsp3) is 0.600. The van der Waals surface area contributed by atoms with E-state index in [9.17, 15) is 0 Å². The first kappa shape index (κ1) is 13.4. The van der Waals surface area contributed by atoms with Crippen LogP contribution in [-0.2, 0) is 0 Å². The molecular formula is C15H25N3. The molecule has 0 aromatic heterocycles. The Morgan fingerprint density at radius 1 is 1.33 bits per heavy atom. The number of likely N-dealkylation sites (N-methyl/N-ethyl adjacent to an activating group) is 1. The van der Waals surface area contributed by atoms with Gasteiger partial charge in [-0.2, -0.15) is 0 Å². The first-order valence-corrected chi connectivity index (χ1v) is 6.93. The van der Waals surface area contributed by atoms with Crippen molar-refractivity contribution < 1.29 is 0 Å². The minimum atomic E-state index is 0.149. The van der Waals surface area contributed by atoms with Gasteiger partial charge in [-0.15, -0.1) is 0 Å². The molecule has 1 aliphatic heterocycles. The smallest absolute Gasteiger partial charge is 0.0415 e. The van der Waals surface area contributed by atoms with E-state index in [1.165, 1.54) is 11.3 Å². The van der Waals surface area contributed by atoms with Gasteiger partial charge in [-0.25, -0.2) is 0 Å². The summed E-state index contributed by atoms with van der Waals surface area (Å²) in [6, 6.07) is 9.34. The first-order chi connectivity index (χ1) is 8.63. The lowest BCUT2D eigenvalue weighted by atomic mass is 10.0. The van der Waals surface area contributed by atoms with Crippen LogP contribution in [0.1, 0.15) is 31.9 Å². The molecule has 1 aliphatic rings. The van der Waals surface area contributed by atoms with Crippen LogP contribution in [0.4, 0.5) is 5.69 Å². The topological polar surface area (TPSA) is 32.5 Å². The second-order valence-corrected chi connectivity index (χ2v) is 5.35. The van der Waals surface area contributed by atoms with Crippen molar-refractivity contribution in [1.29, 1.82) is 0 Å². The normalized spacial score (nSPS) is 23.1. The summed E-state index contributed by atoms with van der Waals surface area (Å²) in [6.07, 6.45) is 0.986. The average Bonchev–Trinajstić information content (AvgIpc) is 2.41. The third-order valence-electron chi connectivity index (χ3n) is 4.08. The Balaban J connectivity index is 2.22. The molecule has 1 aromatic rings. The summed E-state index contributed by atoms with van der Waals surface area (Å²) >= 11 is 0. The first-order valence-electron chi connectivity index (χ1n) is 6.93. The number of benzene rings is 1. The van der Waals surface area contributed by atoms with Crippen molar-refractivity contribution in [1.82, 2.24) is 4.90 Å². The minimum Gasteiger partial charge on any atom is -0.368 e. The average molecular weight is 247 g/mol. The molecule has 1 saturated heterocycles. The number of piperazine rings is 1. The molecular weight excluding hydrogens is 222 g/mol. The molecule has 100 valence electrons. The van der Waals surface area contributed by atoms with E-state index in [1.807, 2.05) is 0 Å². The molecule has 1 fully saturated rings. The minimum absolute atomic E-state index is 0.149. The Kier molecular flexibility index (Phi) is 4.25. The van der Waals surface area contributed by atoms with E-state index in [4.69, 9.17) is 5.73 Å². The third kappa shape index (κ3) is 2.68. The molecule has 18 heavy (non-hydrogen) atoms. The molecule has 0 saturated carbocycles. The Morgan fingerprint density at radius 2 is 2.06 bits per heavy atom. The van der Waals surface area contributed by atoms with Crippen LogP contribution in [0.3, 0.4) is 0 Å². The molecule has 0 radical (unpaired) electrons. The molecule has 0 spiro atoms. The lowest BCUT2D eigenvalue weighted by Gasteiger charge is -2.40. The van der Waals surface area contributed by atoms with Gasteiger partial charge in [0.25, 0.3) is 0 Å². The fourth-order valence-electron chi connectivity index (χ4n) is 2.58. The van der Waals surface area contributed by atoms with Crippen LogP contribution < -0.4 is 10.6 Å². The molecule has 1 heterocycles. The van der Waals surface area contributed by atoms with Crippen molar-refractivity contribution in [2.45, 2.75) is 32.4 Å². The molecule has 0 bridgehead atoms. The zero-order chi connectivity index (χ0) is 13.1. The van der Waals surface area contributed by atoms with Crippen LogP contribution in [0.25, 0.3) is 0 Å². The predicted molar refractivity (Wildman–Crippen MR) is 78.0 cm³/mol.